The molecule has 0 spiro atoms. The molecule has 0 aliphatic carbocycles. The number of ether oxygens (including phenoxy) is 1. The Morgan fingerprint density at radius 3 is 2.67 bits per heavy atom. The number of fused-ring (bicyclic) bond motifs is 2. The van der Waals surface area contributed by atoms with Gasteiger partial charge in [-0.1, -0.05) is 11.1 Å². The van der Waals surface area contributed by atoms with Crippen LogP contribution in [0.15, 0.2) is 48.9 Å². The summed E-state index contributed by atoms with van der Waals surface area (Å²) in [5, 5.41) is 11.6. The number of anilines is 3. The molecule has 4 heterocycles. The number of benzene rings is 2. The van der Waals surface area contributed by atoms with Crippen LogP contribution >= 0.6 is 0 Å². The second-order valence-corrected chi connectivity index (χ2v) is 9.35. The van der Waals surface area contributed by atoms with Crippen molar-refractivity contribution in [3.63, 3.8) is 0 Å². The number of amides is 1. The lowest BCUT2D eigenvalue weighted by molar-refractivity contribution is -0.125. The topological polar surface area (TPSA) is 127 Å². The normalized spacial score (nSPS) is 13.3. The van der Waals surface area contributed by atoms with Crippen LogP contribution in [0, 0.1) is 18.8 Å². The lowest BCUT2D eigenvalue weighted by Crippen LogP contribution is -2.49. The molecule has 40 heavy (non-hydrogen) atoms. The molecule has 12 nitrogen and oxygen atoms in total. The van der Waals surface area contributed by atoms with E-state index in [0.29, 0.717) is 54.7 Å². The molecule has 1 aliphatic heterocycles. The van der Waals surface area contributed by atoms with Crippen LogP contribution in [0.5, 0.6) is 11.5 Å². The standard InChI is InChI=1S/C28H26N10O2/c1-4-5-25(39)37-10-12-38(13-11-37)28-29-16-22-26(33-28)27(31-17-30-22)32-19-6-9-24(18(2)14-19)40-20-7-8-23-21(15-20)34-35-36(23)3/h6-9,14-17H,10-13H2,1-3H3,(H,30,31,32). The summed E-state index contributed by atoms with van der Waals surface area (Å²) in [6.45, 7) is 6.00. The zero-order valence-electron chi connectivity index (χ0n) is 22.3. The molecule has 1 aliphatic rings. The molecule has 5 aromatic rings. The van der Waals surface area contributed by atoms with Gasteiger partial charge in [0.25, 0.3) is 5.91 Å². The Kier molecular flexibility index (Phi) is 6.53. The summed E-state index contributed by atoms with van der Waals surface area (Å²) < 4.78 is 7.86. The molecule has 0 unspecified atom stereocenters. The fourth-order valence-electron chi connectivity index (χ4n) is 4.57. The molecule has 2 aromatic carbocycles. The van der Waals surface area contributed by atoms with Gasteiger partial charge in [-0.05, 0) is 55.7 Å². The lowest BCUT2D eigenvalue weighted by Gasteiger charge is -2.33. The van der Waals surface area contributed by atoms with Crippen molar-refractivity contribution in [3.05, 3.63) is 54.5 Å². The summed E-state index contributed by atoms with van der Waals surface area (Å²) >= 11 is 0. The van der Waals surface area contributed by atoms with Crippen LogP contribution < -0.4 is 15.0 Å². The summed E-state index contributed by atoms with van der Waals surface area (Å²) in [5.41, 5.74) is 4.72. The lowest BCUT2D eigenvalue weighted by atomic mass is 10.2. The van der Waals surface area contributed by atoms with Gasteiger partial charge in [0.05, 0.1) is 11.7 Å². The first-order valence-corrected chi connectivity index (χ1v) is 12.8. The minimum Gasteiger partial charge on any atom is -0.457 e. The zero-order valence-corrected chi connectivity index (χ0v) is 22.3. The monoisotopic (exact) mass is 534 g/mol. The number of nitrogens with zero attached hydrogens (tertiary/aromatic N) is 9. The van der Waals surface area contributed by atoms with Crippen molar-refractivity contribution in [1.82, 2.24) is 39.8 Å². The van der Waals surface area contributed by atoms with Gasteiger partial charge < -0.3 is 19.9 Å². The highest BCUT2D eigenvalue weighted by atomic mass is 16.5. The Labute approximate surface area is 230 Å². The summed E-state index contributed by atoms with van der Waals surface area (Å²) in [7, 11) is 1.86. The van der Waals surface area contributed by atoms with Gasteiger partial charge in [0, 0.05) is 45.0 Å². The van der Waals surface area contributed by atoms with Crippen molar-refractivity contribution in [2.45, 2.75) is 13.8 Å². The second kappa shape index (κ2) is 10.5. The third-order valence-electron chi connectivity index (χ3n) is 6.69. The first-order chi connectivity index (χ1) is 19.5. The number of aromatic nitrogens is 7. The van der Waals surface area contributed by atoms with Crippen molar-refractivity contribution in [2.75, 3.05) is 36.4 Å². The molecule has 6 rings (SSSR count). The molecule has 0 radical (unpaired) electrons. The van der Waals surface area contributed by atoms with Crippen LogP contribution in [0.4, 0.5) is 17.5 Å². The molecule has 0 atom stereocenters. The molecule has 3 aromatic heterocycles. The van der Waals surface area contributed by atoms with Gasteiger partial charge in [-0.2, -0.15) is 0 Å². The van der Waals surface area contributed by atoms with E-state index in [4.69, 9.17) is 9.72 Å². The van der Waals surface area contributed by atoms with Crippen LogP contribution in [0.2, 0.25) is 0 Å². The van der Waals surface area contributed by atoms with Crippen LogP contribution in [0.1, 0.15) is 12.5 Å². The molecule has 12 heteroatoms. The van der Waals surface area contributed by atoms with E-state index in [1.54, 1.807) is 22.7 Å². The predicted molar refractivity (Wildman–Crippen MR) is 150 cm³/mol. The molecule has 1 amide bonds. The van der Waals surface area contributed by atoms with E-state index in [9.17, 15) is 4.79 Å². The van der Waals surface area contributed by atoms with Crippen LogP contribution in [0.25, 0.3) is 22.1 Å². The third kappa shape index (κ3) is 4.92. The van der Waals surface area contributed by atoms with Crippen molar-refractivity contribution >= 4 is 45.4 Å². The van der Waals surface area contributed by atoms with E-state index in [2.05, 4.69) is 42.4 Å². The van der Waals surface area contributed by atoms with Gasteiger partial charge in [0.15, 0.2) is 5.82 Å². The minimum absolute atomic E-state index is 0.153. The molecular formula is C28H26N10O2. The van der Waals surface area contributed by atoms with E-state index in [-0.39, 0.29) is 5.91 Å². The predicted octanol–water partition coefficient (Wildman–Crippen LogP) is 3.22. The maximum Gasteiger partial charge on any atom is 0.298 e. The molecule has 0 bridgehead atoms. The van der Waals surface area contributed by atoms with Crippen LogP contribution in [0.3, 0.4) is 0 Å². The first kappa shape index (κ1) is 25.0. The van der Waals surface area contributed by atoms with Crippen molar-refractivity contribution < 1.29 is 9.53 Å². The van der Waals surface area contributed by atoms with Crippen molar-refractivity contribution in [2.24, 2.45) is 7.05 Å². The quantitative estimate of drug-likeness (QED) is 0.336. The highest BCUT2D eigenvalue weighted by Crippen LogP contribution is 2.31. The maximum atomic E-state index is 12.1. The summed E-state index contributed by atoms with van der Waals surface area (Å²) in [4.78, 5) is 34.0. The van der Waals surface area contributed by atoms with Crippen molar-refractivity contribution in [3.8, 4) is 23.3 Å². The summed E-state index contributed by atoms with van der Waals surface area (Å²) in [6.07, 6.45) is 3.18. The average Bonchev–Trinajstić information content (AvgIpc) is 3.34. The van der Waals surface area contributed by atoms with Gasteiger partial charge >= 0.3 is 0 Å². The Morgan fingerprint density at radius 1 is 1.02 bits per heavy atom. The number of hydrogen-bond acceptors (Lipinski definition) is 10. The number of hydrogen-bond donors (Lipinski definition) is 1. The average molecular weight is 535 g/mol. The summed E-state index contributed by atoms with van der Waals surface area (Å²) in [5.74, 6) is 7.67. The van der Waals surface area contributed by atoms with E-state index < -0.39 is 0 Å². The number of piperazine rings is 1. The van der Waals surface area contributed by atoms with Gasteiger partial charge in [-0.15, -0.1) is 5.10 Å². The van der Waals surface area contributed by atoms with E-state index in [0.717, 1.165) is 28.0 Å². The minimum atomic E-state index is -0.153. The third-order valence-corrected chi connectivity index (χ3v) is 6.69. The highest BCUT2D eigenvalue weighted by Gasteiger charge is 2.22. The fourth-order valence-corrected chi connectivity index (χ4v) is 4.57. The van der Waals surface area contributed by atoms with Crippen LogP contribution in [-0.2, 0) is 11.8 Å². The molecule has 0 saturated carbocycles. The molecule has 1 N–H and O–H groups in total. The molecule has 1 fully saturated rings. The maximum absolute atomic E-state index is 12.1. The SMILES string of the molecule is CC#CC(=O)N1CCN(c2ncc3ncnc(Nc4ccc(Oc5ccc6c(c5)nnn6C)c(C)c4)c3n2)CC1. The fraction of sp³-hybridized carbons (Fsp3) is 0.250. The largest absolute Gasteiger partial charge is 0.457 e. The van der Waals surface area contributed by atoms with E-state index in [1.807, 2.05) is 55.3 Å². The smallest absolute Gasteiger partial charge is 0.298 e. The summed E-state index contributed by atoms with van der Waals surface area (Å²) in [6, 6.07) is 11.5. The second-order valence-electron chi connectivity index (χ2n) is 9.35. The number of rotatable bonds is 5. The van der Waals surface area contributed by atoms with Gasteiger partial charge in [-0.3, -0.25) is 4.79 Å². The molecule has 1 saturated heterocycles. The van der Waals surface area contributed by atoms with Gasteiger partial charge in [0.2, 0.25) is 5.95 Å². The van der Waals surface area contributed by atoms with E-state index >= 15 is 0 Å². The van der Waals surface area contributed by atoms with Gasteiger partial charge in [0.1, 0.15) is 34.4 Å². The van der Waals surface area contributed by atoms with Crippen molar-refractivity contribution in [1.29, 1.82) is 0 Å². The Hall–Kier alpha value is -5.31. The Morgan fingerprint density at radius 2 is 1.88 bits per heavy atom. The van der Waals surface area contributed by atoms with E-state index in [1.165, 1.54) is 6.33 Å². The first-order valence-electron chi connectivity index (χ1n) is 12.8. The van der Waals surface area contributed by atoms with Crippen LogP contribution in [-0.4, -0.2) is 71.9 Å². The Bertz CT molecular complexity index is 1800. The number of carbonyl (C=O) groups is 1. The Balaban J connectivity index is 1.19. The molecular weight excluding hydrogens is 508 g/mol. The number of aryl methyl sites for hydroxylation is 2. The number of nitrogens with one attached hydrogen (secondary N) is 1. The number of carbonyl (C=O) groups excluding carboxylic acids is 1. The zero-order chi connectivity index (χ0) is 27.6. The molecule has 200 valence electrons. The highest BCUT2D eigenvalue weighted by molar-refractivity contribution is 5.93. The van der Waals surface area contributed by atoms with Gasteiger partial charge in [-0.25, -0.2) is 24.6 Å².